The molecular formula is C22H25N3O. The van der Waals surface area contributed by atoms with Crippen molar-refractivity contribution in [2.75, 3.05) is 26.7 Å². The first kappa shape index (κ1) is 17.0. The van der Waals surface area contributed by atoms with Crippen LogP contribution in [0, 0.1) is 6.92 Å². The molecule has 0 aliphatic carbocycles. The molecule has 0 fully saturated rings. The molecule has 0 saturated heterocycles. The first-order chi connectivity index (χ1) is 12.7. The van der Waals surface area contributed by atoms with Crippen LogP contribution in [0.25, 0.3) is 22.7 Å². The highest BCUT2D eigenvalue weighted by molar-refractivity contribution is 5.90. The predicted octanol–water partition coefficient (Wildman–Crippen LogP) is 3.37. The van der Waals surface area contributed by atoms with Crippen molar-refractivity contribution in [3.63, 3.8) is 0 Å². The van der Waals surface area contributed by atoms with Gasteiger partial charge in [-0.2, -0.15) is 0 Å². The van der Waals surface area contributed by atoms with Gasteiger partial charge in [0, 0.05) is 54.8 Å². The summed E-state index contributed by atoms with van der Waals surface area (Å²) in [5.41, 5.74) is 7.26. The van der Waals surface area contributed by atoms with Crippen molar-refractivity contribution >= 4 is 22.7 Å². The van der Waals surface area contributed by atoms with Crippen molar-refractivity contribution < 1.29 is 5.11 Å². The number of aryl methyl sites for hydroxylation is 1. The van der Waals surface area contributed by atoms with Gasteiger partial charge >= 0.3 is 0 Å². The fourth-order valence-electron chi connectivity index (χ4n) is 3.89. The first-order valence-corrected chi connectivity index (χ1v) is 9.20. The average molecular weight is 347 g/mol. The highest BCUT2D eigenvalue weighted by Gasteiger charge is 2.20. The van der Waals surface area contributed by atoms with E-state index in [-0.39, 0.29) is 6.61 Å². The Labute approximate surface area is 154 Å². The molecular weight excluding hydrogens is 322 g/mol. The molecule has 2 aromatic heterocycles. The van der Waals surface area contributed by atoms with Crippen molar-refractivity contribution in [1.29, 1.82) is 0 Å². The Bertz CT molecular complexity index is 956. The molecule has 0 radical (unpaired) electrons. The number of nitrogens with zero attached hydrogens (tertiary/aromatic N) is 3. The standard InChI is InChI=1S/C22H25N3O/c1-16-3-4-21-20(13-16)19-7-11-24(2)12-8-22(19)25(21)14-18(15-26)17-5-9-23-10-6-17/h3-6,9-10,13-14,26H,7-8,11-12,15H2,1-2H3. The lowest BCUT2D eigenvalue weighted by Crippen LogP contribution is -2.21. The van der Waals surface area contributed by atoms with E-state index in [2.05, 4.69) is 52.8 Å². The van der Waals surface area contributed by atoms with Crippen molar-refractivity contribution in [3.8, 4) is 0 Å². The number of aromatic nitrogens is 2. The molecule has 3 heterocycles. The monoisotopic (exact) mass is 347 g/mol. The van der Waals surface area contributed by atoms with Gasteiger partial charge in [-0.1, -0.05) is 11.6 Å². The molecule has 4 rings (SSSR count). The zero-order valence-electron chi connectivity index (χ0n) is 15.4. The number of rotatable bonds is 3. The molecule has 1 aliphatic heterocycles. The lowest BCUT2D eigenvalue weighted by atomic mass is 10.1. The summed E-state index contributed by atoms with van der Waals surface area (Å²) in [5.74, 6) is 0. The smallest absolute Gasteiger partial charge is 0.0702 e. The Morgan fingerprint density at radius 2 is 1.92 bits per heavy atom. The van der Waals surface area contributed by atoms with E-state index in [1.165, 1.54) is 27.7 Å². The van der Waals surface area contributed by atoms with Crippen LogP contribution in [0.15, 0.2) is 42.7 Å². The van der Waals surface area contributed by atoms with E-state index in [1.807, 2.05) is 12.1 Å². The van der Waals surface area contributed by atoms with Gasteiger partial charge in [0.2, 0.25) is 0 Å². The minimum atomic E-state index is 0.00419. The number of fused-ring (bicyclic) bond motifs is 3. The van der Waals surface area contributed by atoms with Crippen LogP contribution in [0.3, 0.4) is 0 Å². The summed E-state index contributed by atoms with van der Waals surface area (Å²) < 4.78 is 2.30. The van der Waals surface area contributed by atoms with Crippen molar-refractivity contribution in [2.24, 2.45) is 0 Å². The molecule has 0 atom stereocenters. The highest BCUT2D eigenvalue weighted by Crippen LogP contribution is 2.31. The van der Waals surface area contributed by atoms with Crippen LogP contribution < -0.4 is 0 Å². The Morgan fingerprint density at radius 1 is 1.15 bits per heavy atom. The number of likely N-dealkylation sites (N-methyl/N-ethyl adjacent to an activating group) is 1. The Morgan fingerprint density at radius 3 is 2.69 bits per heavy atom. The Balaban J connectivity index is 1.93. The molecule has 0 amide bonds. The van der Waals surface area contributed by atoms with Gasteiger partial charge in [-0.15, -0.1) is 0 Å². The molecule has 4 nitrogen and oxygen atoms in total. The van der Waals surface area contributed by atoms with Crippen LogP contribution in [0.1, 0.15) is 22.4 Å². The maximum atomic E-state index is 9.99. The van der Waals surface area contributed by atoms with Crippen LogP contribution in [-0.2, 0) is 12.8 Å². The highest BCUT2D eigenvalue weighted by atomic mass is 16.3. The predicted molar refractivity (Wildman–Crippen MR) is 107 cm³/mol. The van der Waals surface area contributed by atoms with E-state index in [0.29, 0.717) is 0 Å². The fraction of sp³-hybridized carbons (Fsp3) is 0.318. The first-order valence-electron chi connectivity index (χ1n) is 9.20. The topological polar surface area (TPSA) is 41.3 Å². The molecule has 26 heavy (non-hydrogen) atoms. The molecule has 0 unspecified atom stereocenters. The van der Waals surface area contributed by atoms with E-state index in [4.69, 9.17) is 0 Å². The molecule has 1 N–H and O–H groups in total. The number of aliphatic hydroxyl groups is 1. The second-order valence-corrected chi connectivity index (χ2v) is 7.17. The quantitative estimate of drug-likeness (QED) is 0.790. The zero-order valence-corrected chi connectivity index (χ0v) is 15.4. The molecule has 0 saturated carbocycles. The lowest BCUT2D eigenvalue weighted by Gasteiger charge is -2.13. The van der Waals surface area contributed by atoms with Gasteiger partial charge in [0.1, 0.15) is 0 Å². The lowest BCUT2D eigenvalue weighted by molar-refractivity contribution is 0.350. The molecule has 3 aromatic rings. The summed E-state index contributed by atoms with van der Waals surface area (Å²) in [7, 11) is 2.19. The van der Waals surface area contributed by atoms with Gasteiger partial charge < -0.3 is 14.6 Å². The third-order valence-corrected chi connectivity index (χ3v) is 5.36. The molecule has 1 aromatic carbocycles. The van der Waals surface area contributed by atoms with Crippen LogP contribution >= 0.6 is 0 Å². The summed E-state index contributed by atoms with van der Waals surface area (Å²) in [6, 6.07) is 10.6. The van der Waals surface area contributed by atoms with E-state index in [9.17, 15) is 5.11 Å². The van der Waals surface area contributed by atoms with Gasteiger partial charge in [-0.05, 0) is 55.8 Å². The zero-order chi connectivity index (χ0) is 18.1. The summed E-state index contributed by atoms with van der Waals surface area (Å²) in [5, 5.41) is 11.3. The second kappa shape index (κ2) is 7.06. The largest absolute Gasteiger partial charge is 0.392 e. The van der Waals surface area contributed by atoms with Crippen LogP contribution in [0.4, 0.5) is 0 Å². The average Bonchev–Trinajstić information content (AvgIpc) is 2.80. The Kier molecular flexibility index (Phi) is 4.62. The van der Waals surface area contributed by atoms with E-state index in [1.54, 1.807) is 12.4 Å². The summed E-state index contributed by atoms with van der Waals surface area (Å²) in [6.07, 6.45) is 7.73. The molecule has 134 valence electrons. The van der Waals surface area contributed by atoms with Gasteiger partial charge in [-0.25, -0.2) is 0 Å². The number of pyridine rings is 1. The number of aliphatic hydroxyl groups excluding tert-OH is 1. The van der Waals surface area contributed by atoms with Crippen LogP contribution in [0.5, 0.6) is 0 Å². The number of hydrogen-bond acceptors (Lipinski definition) is 3. The van der Waals surface area contributed by atoms with Gasteiger partial charge in [-0.3, -0.25) is 4.98 Å². The molecule has 4 heteroatoms. The normalized spacial score (nSPS) is 15.9. The summed E-state index contributed by atoms with van der Waals surface area (Å²) in [4.78, 5) is 6.48. The SMILES string of the molecule is Cc1ccc2c(c1)c1c(n2C=C(CO)c2ccncc2)CCN(C)CC1. The summed E-state index contributed by atoms with van der Waals surface area (Å²) in [6.45, 7) is 4.29. The van der Waals surface area contributed by atoms with E-state index < -0.39 is 0 Å². The van der Waals surface area contributed by atoms with Gasteiger partial charge in [0.15, 0.2) is 0 Å². The number of benzene rings is 1. The van der Waals surface area contributed by atoms with Gasteiger partial charge in [0.25, 0.3) is 0 Å². The third-order valence-electron chi connectivity index (χ3n) is 5.36. The van der Waals surface area contributed by atoms with Crippen LogP contribution in [-0.4, -0.2) is 46.3 Å². The van der Waals surface area contributed by atoms with Crippen molar-refractivity contribution in [1.82, 2.24) is 14.5 Å². The second-order valence-electron chi connectivity index (χ2n) is 7.17. The molecule has 1 aliphatic rings. The maximum Gasteiger partial charge on any atom is 0.0702 e. The minimum absolute atomic E-state index is 0.00419. The Hall–Kier alpha value is -2.43. The van der Waals surface area contributed by atoms with Gasteiger partial charge in [0.05, 0.1) is 12.1 Å². The maximum absolute atomic E-state index is 9.99. The molecule has 0 spiro atoms. The number of hydrogen-bond donors (Lipinski definition) is 1. The van der Waals surface area contributed by atoms with E-state index >= 15 is 0 Å². The minimum Gasteiger partial charge on any atom is -0.392 e. The molecule has 0 bridgehead atoms. The van der Waals surface area contributed by atoms with Crippen LogP contribution in [0.2, 0.25) is 0 Å². The third kappa shape index (κ3) is 3.06. The van der Waals surface area contributed by atoms with Crippen molar-refractivity contribution in [3.05, 3.63) is 65.1 Å². The van der Waals surface area contributed by atoms with E-state index in [0.717, 1.165) is 37.1 Å². The summed E-state index contributed by atoms with van der Waals surface area (Å²) >= 11 is 0. The fourth-order valence-corrected chi connectivity index (χ4v) is 3.89. The van der Waals surface area contributed by atoms with Crippen molar-refractivity contribution in [2.45, 2.75) is 19.8 Å².